The van der Waals surface area contributed by atoms with Gasteiger partial charge in [-0.1, -0.05) is 79.0 Å². The number of carbonyl (C=O) groups is 1. The number of amides is 1. The second-order valence-corrected chi connectivity index (χ2v) is 10.1. The number of aliphatic imine (C=N–C) groups is 1. The van der Waals surface area contributed by atoms with Gasteiger partial charge in [0.25, 0.3) is 5.91 Å². The number of halogens is 1. The molecular formula is C27H26ClN3OS. The molecule has 168 valence electrons. The molecule has 33 heavy (non-hydrogen) atoms. The van der Waals surface area contributed by atoms with Crippen molar-refractivity contribution in [2.75, 3.05) is 7.05 Å². The van der Waals surface area contributed by atoms with E-state index in [1.807, 2.05) is 66.7 Å². The number of fused-ring (bicyclic) bond motifs is 2. The average Bonchev–Trinajstić information content (AvgIpc) is 3.01. The van der Waals surface area contributed by atoms with E-state index in [-0.39, 0.29) is 5.91 Å². The molecule has 3 aromatic rings. The number of nitrogens with one attached hydrogen (secondary N) is 1. The van der Waals surface area contributed by atoms with Crippen LogP contribution in [-0.2, 0) is 0 Å². The van der Waals surface area contributed by atoms with Gasteiger partial charge in [-0.05, 0) is 43.2 Å². The second kappa shape index (κ2) is 9.72. The lowest BCUT2D eigenvalue weighted by Crippen LogP contribution is -2.46. The molecule has 5 rings (SSSR count). The fourth-order valence-corrected chi connectivity index (χ4v) is 5.75. The summed E-state index contributed by atoms with van der Waals surface area (Å²) in [6, 6.07) is 22.1. The number of hydrogen-bond acceptors (Lipinski definition) is 4. The van der Waals surface area contributed by atoms with Crippen molar-refractivity contribution in [1.29, 1.82) is 0 Å². The Kier molecular flexibility index (Phi) is 6.54. The van der Waals surface area contributed by atoms with E-state index in [9.17, 15) is 4.79 Å². The Bertz CT molecular complexity index is 1220. The van der Waals surface area contributed by atoms with E-state index < -0.39 is 0 Å². The molecule has 1 N–H and O–H groups in total. The SMILES string of the molecule is CN(NC(=O)c1ccc2c(c1)N=C(c1ccccc1Cl)c1ccccc1S2)C1CCCCC1. The van der Waals surface area contributed by atoms with E-state index in [2.05, 4.69) is 17.6 Å². The molecule has 1 fully saturated rings. The molecule has 0 aromatic heterocycles. The van der Waals surface area contributed by atoms with Gasteiger partial charge in [-0.2, -0.15) is 0 Å². The van der Waals surface area contributed by atoms with Crippen molar-refractivity contribution in [1.82, 2.24) is 10.4 Å². The van der Waals surface area contributed by atoms with Crippen molar-refractivity contribution in [2.45, 2.75) is 47.9 Å². The first-order chi connectivity index (χ1) is 16.1. The Balaban J connectivity index is 1.50. The molecule has 0 saturated heterocycles. The second-order valence-electron chi connectivity index (χ2n) is 8.56. The van der Waals surface area contributed by atoms with Crippen LogP contribution in [0.15, 0.2) is 81.5 Å². The molecule has 2 aliphatic rings. The summed E-state index contributed by atoms with van der Waals surface area (Å²) in [6.45, 7) is 0. The molecular weight excluding hydrogens is 450 g/mol. The first-order valence-electron chi connectivity index (χ1n) is 11.4. The van der Waals surface area contributed by atoms with Crippen LogP contribution in [0.5, 0.6) is 0 Å². The molecule has 4 nitrogen and oxygen atoms in total. The third-order valence-corrected chi connectivity index (χ3v) is 7.82. The van der Waals surface area contributed by atoms with Gasteiger partial charge in [-0.3, -0.25) is 10.2 Å². The number of benzene rings is 3. The quantitative estimate of drug-likeness (QED) is 0.327. The lowest BCUT2D eigenvalue weighted by atomic mass is 9.95. The third kappa shape index (κ3) is 4.72. The van der Waals surface area contributed by atoms with Crippen molar-refractivity contribution in [2.24, 2.45) is 4.99 Å². The Labute approximate surface area is 204 Å². The number of carbonyl (C=O) groups excluding carboxylic acids is 1. The summed E-state index contributed by atoms with van der Waals surface area (Å²) < 4.78 is 0. The van der Waals surface area contributed by atoms with Gasteiger partial charge in [-0.25, -0.2) is 10.0 Å². The predicted octanol–water partition coefficient (Wildman–Crippen LogP) is 6.88. The van der Waals surface area contributed by atoms with Crippen LogP contribution < -0.4 is 5.43 Å². The fourth-order valence-electron chi connectivity index (χ4n) is 4.53. The highest BCUT2D eigenvalue weighted by atomic mass is 35.5. The zero-order valence-corrected chi connectivity index (χ0v) is 20.1. The smallest absolute Gasteiger partial charge is 0.265 e. The van der Waals surface area contributed by atoms with E-state index >= 15 is 0 Å². The first kappa shape index (κ1) is 22.2. The van der Waals surface area contributed by atoms with Crippen molar-refractivity contribution in [3.8, 4) is 0 Å². The predicted molar refractivity (Wildman–Crippen MR) is 136 cm³/mol. The maximum atomic E-state index is 13.1. The molecule has 1 aliphatic carbocycles. The van der Waals surface area contributed by atoms with E-state index in [0.29, 0.717) is 16.6 Å². The number of rotatable bonds is 4. The standard InChI is InChI=1S/C27H26ClN3OS/c1-31(19-9-3-2-4-10-19)30-27(32)18-15-16-25-23(17-18)29-26(20-11-5-7-13-22(20)28)21-12-6-8-14-24(21)33-25/h5-8,11-17,19H,2-4,9-10H2,1H3,(H,30,32). The third-order valence-electron chi connectivity index (χ3n) is 6.34. The zero-order chi connectivity index (χ0) is 22.8. The Morgan fingerprint density at radius 1 is 0.970 bits per heavy atom. The first-order valence-corrected chi connectivity index (χ1v) is 12.6. The highest BCUT2D eigenvalue weighted by Gasteiger charge is 2.23. The maximum absolute atomic E-state index is 13.1. The lowest BCUT2D eigenvalue weighted by Gasteiger charge is -2.31. The molecule has 0 bridgehead atoms. The Morgan fingerprint density at radius 2 is 1.70 bits per heavy atom. The molecule has 0 unspecified atom stereocenters. The van der Waals surface area contributed by atoms with E-state index in [1.165, 1.54) is 19.3 Å². The van der Waals surface area contributed by atoms with Crippen LogP contribution >= 0.6 is 23.4 Å². The van der Waals surface area contributed by atoms with E-state index in [4.69, 9.17) is 16.6 Å². The van der Waals surface area contributed by atoms with Crippen molar-refractivity contribution in [3.05, 3.63) is 88.4 Å². The highest BCUT2D eigenvalue weighted by Crippen LogP contribution is 2.42. The molecule has 1 saturated carbocycles. The van der Waals surface area contributed by atoms with Crippen LogP contribution in [0.2, 0.25) is 5.02 Å². The molecule has 1 aliphatic heterocycles. The summed E-state index contributed by atoms with van der Waals surface area (Å²) in [6.07, 6.45) is 5.99. The minimum Gasteiger partial charge on any atom is -0.285 e. The van der Waals surface area contributed by atoms with Crippen LogP contribution in [0.4, 0.5) is 5.69 Å². The maximum Gasteiger partial charge on any atom is 0.265 e. The fraction of sp³-hybridized carbons (Fsp3) is 0.259. The Hall–Kier alpha value is -2.60. The number of hydrogen-bond donors (Lipinski definition) is 1. The molecule has 0 radical (unpaired) electrons. The minimum atomic E-state index is -0.105. The van der Waals surface area contributed by atoms with Gasteiger partial charge in [0.15, 0.2) is 0 Å². The van der Waals surface area contributed by atoms with Crippen molar-refractivity contribution in [3.63, 3.8) is 0 Å². The summed E-state index contributed by atoms with van der Waals surface area (Å²) >= 11 is 8.22. The molecule has 6 heteroatoms. The number of nitrogens with zero attached hydrogens (tertiary/aromatic N) is 2. The summed E-state index contributed by atoms with van der Waals surface area (Å²) in [7, 11) is 1.97. The minimum absolute atomic E-state index is 0.105. The van der Waals surface area contributed by atoms with Crippen LogP contribution in [0, 0.1) is 0 Å². The summed E-state index contributed by atoms with van der Waals surface area (Å²) in [5, 5.41) is 2.64. The lowest BCUT2D eigenvalue weighted by molar-refractivity contribution is 0.0711. The van der Waals surface area contributed by atoms with Gasteiger partial charge in [-0.15, -0.1) is 0 Å². The number of hydrazine groups is 1. The molecule has 1 amide bonds. The van der Waals surface area contributed by atoms with Crippen LogP contribution in [-0.4, -0.2) is 29.7 Å². The molecule has 3 aromatic carbocycles. The van der Waals surface area contributed by atoms with Crippen LogP contribution in [0.1, 0.15) is 53.6 Å². The van der Waals surface area contributed by atoms with Gasteiger partial charge < -0.3 is 0 Å². The Morgan fingerprint density at radius 3 is 2.48 bits per heavy atom. The highest BCUT2D eigenvalue weighted by molar-refractivity contribution is 7.99. The summed E-state index contributed by atoms with van der Waals surface area (Å²) in [4.78, 5) is 20.2. The van der Waals surface area contributed by atoms with Crippen molar-refractivity contribution < 1.29 is 4.79 Å². The topological polar surface area (TPSA) is 44.7 Å². The largest absolute Gasteiger partial charge is 0.285 e. The average molecular weight is 476 g/mol. The van der Waals surface area contributed by atoms with Crippen LogP contribution in [0.25, 0.3) is 0 Å². The van der Waals surface area contributed by atoms with E-state index in [0.717, 1.165) is 45.2 Å². The molecule has 0 atom stereocenters. The summed E-state index contributed by atoms with van der Waals surface area (Å²) in [5.41, 5.74) is 7.19. The molecule has 0 spiro atoms. The monoisotopic (exact) mass is 475 g/mol. The van der Waals surface area contributed by atoms with Crippen molar-refractivity contribution >= 4 is 40.7 Å². The zero-order valence-electron chi connectivity index (χ0n) is 18.6. The normalized spacial score (nSPS) is 15.9. The van der Waals surface area contributed by atoms with Gasteiger partial charge >= 0.3 is 0 Å². The van der Waals surface area contributed by atoms with Gasteiger partial charge in [0.2, 0.25) is 0 Å². The summed E-state index contributed by atoms with van der Waals surface area (Å²) in [5.74, 6) is -0.105. The van der Waals surface area contributed by atoms with Gasteiger partial charge in [0, 0.05) is 44.6 Å². The van der Waals surface area contributed by atoms with Gasteiger partial charge in [0.1, 0.15) is 0 Å². The van der Waals surface area contributed by atoms with Crippen LogP contribution in [0.3, 0.4) is 0 Å². The van der Waals surface area contributed by atoms with E-state index in [1.54, 1.807) is 11.8 Å². The molecule has 1 heterocycles. The van der Waals surface area contributed by atoms with Gasteiger partial charge in [0.05, 0.1) is 11.4 Å².